The van der Waals surface area contributed by atoms with Gasteiger partial charge in [0.2, 0.25) is 0 Å². The second-order valence-electron chi connectivity index (χ2n) is 4.78. The van der Waals surface area contributed by atoms with Crippen LogP contribution in [0.5, 0.6) is 5.75 Å². The second-order valence-corrected chi connectivity index (χ2v) is 6.36. The Hall–Kier alpha value is -2.67. The molecule has 1 aliphatic heterocycles. The van der Waals surface area contributed by atoms with Crippen LogP contribution in [0.2, 0.25) is 0 Å². The fourth-order valence-electron chi connectivity index (χ4n) is 2.17. The molecule has 0 fully saturated rings. The molecule has 118 valence electrons. The van der Waals surface area contributed by atoms with Crippen LogP contribution in [0.4, 0.5) is 0 Å². The summed E-state index contributed by atoms with van der Waals surface area (Å²) < 4.78 is 32.9. The maximum absolute atomic E-state index is 11.9. The average molecular weight is 329 g/mol. The fraction of sp³-hybridized carbons (Fsp3) is 0.125. The van der Waals surface area contributed by atoms with Crippen molar-refractivity contribution in [3.05, 3.63) is 59.7 Å². The first-order valence-electron chi connectivity index (χ1n) is 7.06. The fourth-order valence-corrected chi connectivity index (χ4v) is 3.34. The maximum Gasteiger partial charge on any atom is 0.285 e. The molecule has 3 rings (SSSR count). The van der Waals surface area contributed by atoms with Crippen molar-refractivity contribution in [2.24, 2.45) is 9.50 Å². The summed E-state index contributed by atoms with van der Waals surface area (Å²) >= 11 is 0. The van der Waals surface area contributed by atoms with E-state index in [-0.39, 0.29) is 10.7 Å². The van der Waals surface area contributed by atoms with Gasteiger partial charge in [-0.25, -0.2) is 0 Å². The van der Waals surface area contributed by atoms with E-state index in [9.17, 15) is 8.42 Å². The van der Waals surface area contributed by atoms with Gasteiger partial charge in [-0.2, -0.15) is 13.5 Å². The lowest BCUT2D eigenvalue weighted by Gasteiger charge is -2.02. The molecule has 0 radical (unpaired) electrons. The van der Waals surface area contributed by atoms with Gasteiger partial charge in [-0.15, -0.1) is 4.40 Å². The number of benzene rings is 2. The summed E-state index contributed by atoms with van der Waals surface area (Å²) in [6.45, 7) is 2.54. The lowest BCUT2D eigenvalue weighted by Crippen LogP contribution is -2.17. The molecule has 7 heteroatoms. The molecule has 0 aliphatic carbocycles. The Kier molecular flexibility index (Phi) is 4.12. The first kappa shape index (κ1) is 15.2. The highest BCUT2D eigenvalue weighted by Crippen LogP contribution is 2.24. The molecule has 0 amide bonds. The first-order chi connectivity index (χ1) is 11.1. The van der Waals surface area contributed by atoms with E-state index < -0.39 is 10.0 Å². The summed E-state index contributed by atoms with van der Waals surface area (Å²) in [5.74, 6) is 1.01. The number of amidine groups is 1. The number of fused-ring (bicyclic) bond motifs is 1. The molecular formula is C16H15N3O3S. The molecule has 0 aromatic heterocycles. The molecule has 1 aliphatic rings. The van der Waals surface area contributed by atoms with Crippen LogP contribution in [0.1, 0.15) is 18.1 Å². The van der Waals surface area contributed by atoms with E-state index in [1.54, 1.807) is 24.4 Å². The Morgan fingerprint density at radius 3 is 2.65 bits per heavy atom. The minimum Gasteiger partial charge on any atom is -0.494 e. The minimum atomic E-state index is -3.63. The van der Waals surface area contributed by atoms with E-state index in [1.807, 2.05) is 31.2 Å². The average Bonchev–Trinajstić information content (AvgIpc) is 2.81. The third-order valence-electron chi connectivity index (χ3n) is 3.21. The maximum atomic E-state index is 11.9. The molecule has 2 aromatic carbocycles. The summed E-state index contributed by atoms with van der Waals surface area (Å²) in [5.41, 5.74) is 4.07. The van der Waals surface area contributed by atoms with E-state index in [4.69, 9.17) is 4.74 Å². The Bertz CT molecular complexity index is 872. The molecule has 0 saturated carbocycles. The summed E-state index contributed by atoms with van der Waals surface area (Å²) in [4.78, 5) is 0.193. The van der Waals surface area contributed by atoms with E-state index in [1.165, 1.54) is 6.07 Å². The lowest BCUT2D eigenvalue weighted by atomic mass is 10.2. The van der Waals surface area contributed by atoms with Crippen molar-refractivity contribution in [1.82, 2.24) is 5.43 Å². The number of hydrazone groups is 1. The van der Waals surface area contributed by atoms with Crippen LogP contribution in [0, 0.1) is 0 Å². The molecule has 1 heterocycles. The van der Waals surface area contributed by atoms with Crippen molar-refractivity contribution in [2.45, 2.75) is 11.8 Å². The van der Waals surface area contributed by atoms with Gasteiger partial charge in [-0.3, -0.25) is 5.43 Å². The summed E-state index contributed by atoms with van der Waals surface area (Å²) in [7, 11) is -3.63. The van der Waals surface area contributed by atoms with E-state index in [0.717, 1.165) is 11.3 Å². The van der Waals surface area contributed by atoms with Crippen molar-refractivity contribution in [3.8, 4) is 5.75 Å². The molecule has 0 saturated heterocycles. The monoisotopic (exact) mass is 329 g/mol. The Labute approximate surface area is 134 Å². The van der Waals surface area contributed by atoms with Crippen LogP contribution in [0.15, 0.2) is 62.9 Å². The number of rotatable bonds is 4. The third-order valence-corrected chi connectivity index (χ3v) is 4.54. The normalized spacial score (nSPS) is 15.3. The molecule has 1 N–H and O–H groups in total. The van der Waals surface area contributed by atoms with Gasteiger partial charge in [0, 0.05) is 5.56 Å². The summed E-state index contributed by atoms with van der Waals surface area (Å²) in [6, 6.07) is 14.0. The van der Waals surface area contributed by atoms with Crippen LogP contribution >= 0.6 is 0 Å². The van der Waals surface area contributed by atoms with Crippen LogP contribution in [0.25, 0.3) is 0 Å². The van der Waals surface area contributed by atoms with Crippen molar-refractivity contribution in [3.63, 3.8) is 0 Å². The molecule has 0 atom stereocenters. The number of sulfonamides is 1. The number of nitrogens with zero attached hydrogens (tertiary/aromatic N) is 2. The minimum absolute atomic E-state index is 0.193. The highest BCUT2D eigenvalue weighted by Gasteiger charge is 2.28. The quantitative estimate of drug-likeness (QED) is 0.688. The van der Waals surface area contributed by atoms with Crippen LogP contribution < -0.4 is 10.2 Å². The standard InChI is InChI=1S/C16H15N3O3S/c1-2-22-13-9-7-12(8-10-13)11-17-18-16-14-5-3-4-6-15(14)23(20,21)19-16/h3-11H,2H2,1H3,(H,18,19)/b17-11-. The van der Waals surface area contributed by atoms with Gasteiger partial charge < -0.3 is 4.74 Å². The van der Waals surface area contributed by atoms with Gasteiger partial charge in [-0.1, -0.05) is 12.1 Å². The lowest BCUT2D eigenvalue weighted by molar-refractivity contribution is 0.340. The molecule has 23 heavy (non-hydrogen) atoms. The van der Waals surface area contributed by atoms with Gasteiger partial charge in [0.15, 0.2) is 5.84 Å². The Balaban J connectivity index is 1.74. The first-order valence-corrected chi connectivity index (χ1v) is 8.50. The molecular weight excluding hydrogens is 314 g/mol. The Morgan fingerprint density at radius 2 is 1.91 bits per heavy atom. The predicted octanol–water partition coefficient (Wildman–Crippen LogP) is 2.16. The zero-order chi connectivity index (χ0) is 16.3. The molecule has 2 aromatic rings. The van der Waals surface area contributed by atoms with Crippen molar-refractivity contribution < 1.29 is 13.2 Å². The van der Waals surface area contributed by atoms with Crippen LogP contribution in [-0.4, -0.2) is 27.1 Å². The van der Waals surface area contributed by atoms with Crippen LogP contribution in [0.3, 0.4) is 0 Å². The Morgan fingerprint density at radius 1 is 1.17 bits per heavy atom. The largest absolute Gasteiger partial charge is 0.494 e. The van der Waals surface area contributed by atoms with Crippen molar-refractivity contribution >= 4 is 22.1 Å². The molecule has 0 spiro atoms. The van der Waals surface area contributed by atoms with E-state index in [0.29, 0.717) is 12.2 Å². The predicted molar refractivity (Wildman–Crippen MR) is 88.5 cm³/mol. The molecule has 0 unspecified atom stereocenters. The van der Waals surface area contributed by atoms with Crippen LogP contribution in [-0.2, 0) is 10.0 Å². The van der Waals surface area contributed by atoms with Gasteiger partial charge >= 0.3 is 0 Å². The zero-order valence-corrected chi connectivity index (χ0v) is 13.2. The van der Waals surface area contributed by atoms with Gasteiger partial charge in [0.05, 0.1) is 12.8 Å². The van der Waals surface area contributed by atoms with Gasteiger partial charge in [-0.05, 0) is 48.9 Å². The van der Waals surface area contributed by atoms with Gasteiger partial charge in [0.1, 0.15) is 10.6 Å². The molecule has 6 nitrogen and oxygen atoms in total. The summed E-state index contributed by atoms with van der Waals surface area (Å²) in [5, 5.41) is 4.05. The van der Waals surface area contributed by atoms with E-state index in [2.05, 4.69) is 14.9 Å². The third kappa shape index (κ3) is 3.24. The van der Waals surface area contributed by atoms with Crippen molar-refractivity contribution in [2.75, 3.05) is 6.61 Å². The SMILES string of the molecule is CCOc1ccc(/C=N\NC2=NS(=O)(=O)c3ccccc32)cc1. The number of hydrogen-bond acceptors (Lipinski definition) is 5. The second kappa shape index (κ2) is 6.21. The topological polar surface area (TPSA) is 80.1 Å². The highest BCUT2D eigenvalue weighted by molar-refractivity contribution is 7.90. The zero-order valence-electron chi connectivity index (χ0n) is 12.4. The number of hydrogen-bond donors (Lipinski definition) is 1. The summed E-state index contributed by atoms with van der Waals surface area (Å²) in [6.07, 6.45) is 1.59. The smallest absolute Gasteiger partial charge is 0.285 e. The van der Waals surface area contributed by atoms with Crippen molar-refractivity contribution in [1.29, 1.82) is 0 Å². The number of ether oxygens (including phenoxy) is 1. The number of nitrogens with one attached hydrogen (secondary N) is 1. The van der Waals surface area contributed by atoms with E-state index >= 15 is 0 Å². The van der Waals surface area contributed by atoms with Gasteiger partial charge in [0.25, 0.3) is 10.0 Å². The highest BCUT2D eigenvalue weighted by atomic mass is 32.2. The molecule has 0 bridgehead atoms.